The predicted molar refractivity (Wildman–Crippen MR) is 41.8 cm³/mol. The Balaban J connectivity index is 2.31. The van der Waals surface area contributed by atoms with Crippen molar-refractivity contribution in [2.24, 2.45) is 5.73 Å². The Morgan fingerprint density at radius 3 is 2.90 bits per heavy atom. The Labute approximate surface area is 62.1 Å². The van der Waals surface area contributed by atoms with Crippen molar-refractivity contribution in [3.8, 4) is 0 Å². The van der Waals surface area contributed by atoms with E-state index in [1.165, 1.54) is 12.8 Å². The van der Waals surface area contributed by atoms with Crippen LogP contribution < -0.4 is 5.73 Å². The van der Waals surface area contributed by atoms with E-state index in [0.717, 1.165) is 18.6 Å². The van der Waals surface area contributed by atoms with Gasteiger partial charge >= 0.3 is 0 Å². The smallest absolute Gasteiger partial charge is 0.0794 e. The van der Waals surface area contributed by atoms with Gasteiger partial charge in [-0.15, -0.1) is 0 Å². The maximum Gasteiger partial charge on any atom is 0.0794 e. The van der Waals surface area contributed by atoms with Crippen LogP contribution in [-0.4, -0.2) is 19.3 Å². The van der Waals surface area contributed by atoms with Crippen LogP contribution in [0.2, 0.25) is 0 Å². The number of hydrogen-bond acceptors (Lipinski definition) is 2. The molecule has 1 heterocycles. The van der Waals surface area contributed by atoms with Crippen LogP contribution in [0.5, 0.6) is 0 Å². The van der Waals surface area contributed by atoms with Crippen LogP contribution >= 0.6 is 0 Å². The normalized spacial score (nSPS) is 26.3. The molecule has 1 unspecified atom stereocenters. The third-order valence-corrected chi connectivity index (χ3v) is 1.90. The van der Waals surface area contributed by atoms with E-state index in [1.54, 1.807) is 0 Å². The molecule has 0 spiro atoms. The van der Waals surface area contributed by atoms with Gasteiger partial charge in [0.25, 0.3) is 0 Å². The average molecular weight is 141 g/mol. The molecule has 2 N–H and O–H groups in total. The molecule has 0 aromatic rings. The van der Waals surface area contributed by atoms with E-state index in [9.17, 15) is 0 Å². The quantitative estimate of drug-likeness (QED) is 0.584. The average Bonchev–Trinajstić information content (AvgIpc) is 2.05. The van der Waals surface area contributed by atoms with E-state index in [4.69, 9.17) is 10.5 Å². The fraction of sp³-hybridized carbons (Fsp3) is 0.750. The molecule has 0 saturated carbocycles. The van der Waals surface area contributed by atoms with Gasteiger partial charge < -0.3 is 10.5 Å². The predicted octanol–water partition coefficient (Wildman–Crippen LogP) is 1.07. The number of hydrogen-bond donors (Lipinski definition) is 1. The van der Waals surface area contributed by atoms with Gasteiger partial charge in [-0.1, -0.05) is 6.58 Å². The first kappa shape index (κ1) is 7.76. The molecule has 10 heavy (non-hydrogen) atoms. The van der Waals surface area contributed by atoms with Crippen molar-refractivity contribution < 1.29 is 4.74 Å². The second-order valence-electron chi connectivity index (χ2n) is 2.72. The molecule has 0 bridgehead atoms. The van der Waals surface area contributed by atoms with Gasteiger partial charge in [-0.05, 0) is 24.8 Å². The molecule has 0 aromatic carbocycles. The summed E-state index contributed by atoms with van der Waals surface area (Å²) >= 11 is 0. The number of rotatable bonds is 2. The van der Waals surface area contributed by atoms with Crippen LogP contribution in [-0.2, 0) is 4.74 Å². The Morgan fingerprint density at radius 2 is 2.40 bits per heavy atom. The standard InChI is InChI=1S/C8H15NO/c1-7(6-9)8-4-2-3-5-10-8/h8H,1-6,9H2. The number of ether oxygens (including phenoxy) is 1. The summed E-state index contributed by atoms with van der Waals surface area (Å²) in [5, 5.41) is 0. The summed E-state index contributed by atoms with van der Waals surface area (Å²) in [6, 6.07) is 0. The zero-order valence-corrected chi connectivity index (χ0v) is 6.31. The van der Waals surface area contributed by atoms with E-state index in [2.05, 4.69) is 6.58 Å². The third-order valence-electron chi connectivity index (χ3n) is 1.90. The molecule has 1 saturated heterocycles. The van der Waals surface area contributed by atoms with Gasteiger partial charge in [0.1, 0.15) is 0 Å². The summed E-state index contributed by atoms with van der Waals surface area (Å²) in [4.78, 5) is 0. The van der Waals surface area contributed by atoms with Crippen molar-refractivity contribution in [1.29, 1.82) is 0 Å². The van der Waals surface area contributed by atoms with Gasteiger partial charge in [0.15, 0.2) is 0 Å². The van der Waals surface area contributed by atoms with E-state index < -0.39 is 0 Å². The number of nitrogens with two attached hydrogens (primary N) is 1. The largest absolute Gasteiger partial charge is 0.374 e. The van der Waals surface area contributed by atoms with Crippen molar-refractivity contribution in [2.75, 3.05) is 13.2 Å². The van der Waals surface area contributed by atoms with Gasteiger partial charge in [-0.2, -0.15) is 0 Å². The fourth-order valence-electron chi connectivity index (χ4n) is 1.19. The first-order valence-electron chi connectivity index (χ1n) is 3.84. The molecule has 0 aliphatic carbocycles. The molecule has 0 amide bonds. The maximum absolute atomic E-state index is 5.45. The molecule has 2 heteroatoms. The van der Waals surface area contributed by atoms with Crippen LogP contribution in [0.25, 0.3) is 0 Å². The van der Waals surface area contributed by atoms with Crippen molar-refractivity contribution in [3.05, 3.63) is 12.2 Å². The van der Waals surface area contributed by atoms with E-state index >= 15 is 0 Å². The van der Waals surface area contributed by atoms with Crippen LogP contribution in [0.3, 0.4) is 0 Å². The fourth-order valence-corrected chi connectivity index (χ4v) is 1.19. The lowest BCUT2D eigenvalue weighted by molar-refractivity contribution is 0.0389. The molecular weight excluding hydrogens is 126 g/mol. The van der Waals surface area contributed by atoms with Gasteiger partial charge in [-0.25, -0.2) is 0 Å². The van der Waals surface area contributed by atoms with Crippen molar-refractivity contribution in [3.63, 3.8) is 0 Å². The Hall–Kier alpha value is -0.340. The van der Waals surface area contributed by atoms with Gasteiger partial charge in [0.2, 0.25) is 0 Å². The highest BCUT2D eigenvalue weighted by Crippen LogP contribution is 2.17. The summed E-state index contributed by atoms with van der Waals surface area (Å²) in [6.45, 7) is 5.29. The molecule has 1 atom stereocenters. The SMILES string of the molecule is C=C(CN)C1CCCCO1. The lowest BCUT2D eigenvalue weighted by Crippen LogP contribution is -2.24. The minimum atomic E-state index is 0.249. The Bertz CT molecular complexity index is 116. The molecule has 2 nitrogen and oxygen atoms in total. The zero-order valence-electron chi connectivity index (χ0n) is 6.31. The van der Waals surface area contributed by atoms with Crippen molar-refractivity contribution in [2.45, 2.75) is 25.4 Å². The highest BCUT2D eigenvalue weighted by molar-refractivity contribution is 5.04. The monoisotopic (exact) mass is 141 g/mol. The first-order chi connectivity index (χ1) is 4.84. The van der Waals surface area contributed by atoms with Crippen molar-refractivity contribution in [1.82, 2.24) is 0 Å². The van der Waals surface area contributed by atoms with E-state index in [0.29, 0.717) is 6.54 Å². The van der Waals surface area contributed by atoms with Crippen LogP contribution in [0, 0.1) is 0 Å². The highest BCUT2D eigenvalue weighted by Gasteiger charge is 2.15. The van der Waals surface area contributed by atoms with Gasteiger partial charge in [0, 0.05) is 13.2 Å². The molecule has 1 aliphatic heterocycles. The lowest BCUT2D eigenvalue weighted by Gasteiger charge is -2.23. The second kappa shape index (κ2) is 3.74. The first-order valence-corrected chi connectivity index (χ1v) is 3.84. The van der Waals surface area contributed by atoms with E-state index in [1.807, 2.05) is 0 Å². The van der Waals surface area contributed by atoms with Crippen LogP contribution in [0.4, 0.5) is 0 Å². The Morgan fingerprint density at radius 1 is 1.60 bits per heavy atom. The molecule has 1 rings (SSSR count). The third kappa shape index (κ3) is 1.82. The molecule has 58 valence electrons. The summed E-state index contributed by atoms with van der Waals surface area (Å²) in [5.74, 6) is 0. The minimum Gasteiger partial charge on any atom is -0.374 e. The van der Waals surface area contributed by atoms with Gasteiger partial charge in [0.05, 0.1) is 6.10 Å². The van der Waals surface area contributed by atoms with E-state index in [-0.39, 0.29) is 6.10 Å². The zero-order chi connectivity index (χ0) is 7.40. The lowest BCUT2D eigenvalue weighted by atomic mass is 10.0. The summed E-state index contributed by atoms with van der Waals surface area (Å²) in [5.41, 5.74) is 6.46. The van der Waals surface area contributed by atoms with Crippen LogP contribution in [0.15, 0.2) is 12.2 Å². The second-order valence-corrected chi connectivity index (χ2v) is 2.72. The molecule has 1 aliphatic rings. The summed E-state index contributed by atoms with van der Waals surface area (Å²) < 4.78 is 5.45. The van der Waals surface area contributed by atoms with Crippen LogP contribution in [0.1, 0.15) is 19.3 Å². The summed E-state index contributed by atoms with van der Waals surface area (Å²) in [7, 11) is 0. The van der Waals surface area contributed by atoms with Crippen molar-refractivity contribution >= 4 is 0 Å². The molecule has 0 aromatic heterocycles. The molecular formula is C8H15NO. The maximum atomic E-state index is 5.45. The summed E-state index contributed by atoms with van der Waals surface area (Å²) in [6.07, 6.45) is 3.80. The topological polar surface area (TPSA) is 35.2 Å². The molecule has 0 radical (unpaired) electrons. The minimum absolute atomic E-state index is 0.249. The molecule has 1 fully saturated rings. The Kier molecular flexibility index (Phi) is 2.90. The highest BCUT2D eigenvalue weighted by atomic mass is 16.5. The van der Waals surface area contributed by atoms with Gasteiger partial charge in [-0.3, -0.25) is 0 Å².